The van der Waals surface area contributed by atoms with E-state index < -0.39 is 6.10 Å². The van der Waals surface area contributed by atoms with E-state index in [2.05, 4.69) is 46.6 Å². The summed E-state index contributed by atoms with van der Waals surface area (Å²) in [5.41, 5.74) is 4.42. The second-order valence-corrected chi connectivity index (χ2v) is 9.93. The van der Waals surface area contributed by atoms with Crippen LogP contribution in [0.4, 0.5) is 5.69 Å². The number of hydrogen-bond acceptors (Lipinski definition) is 8. The van der Waals surface area contributed by atoms with Crippen LogP contribution in [0.5, 0.6) is 5.75 Å². The van der Waals surface area contributed by atoms with Crippen molar-refractivity contribution in [3.63, 3.8) is 0 Å². The predicted molar refractivity (Wildman–Crippen MR) is 148 cm³/mol. The van der Waals surface area contributed by atoms with Gasteiger partial charge in [-0.25, -0.2) is 0 Å². The number of rotatable bonds is 15. The number of aliphatic hydroxyl groups excluding tert-OH is 1. The van der Waals surface area contributed by atoms with E-state index in [-0.39, 0.29) is 12.0 Å². The van der Waals surface area contributed by atoms with Crippen molar-refractivity contribution in [2.75, 3.05) is 71.2 Å². The van der Waals surface area contributed by atoms with Gasteiger partial charge in [0.2, 0.25) is 0 Å². The highest BCUT2D eigenvalue weighted by Crippen LogP contribution is 2.34. The van der Waals surface area contributed by atoms with E-state index >= 15 is 0 Å². The van der Waals surface area contributed by atoms with E-state index in [9.17, 15) is 5.11 Å². The predicted octanol–water partition coefficient (Wildman–Crippen LogP) is 3.50. The average molecular weight is 529 g/mol. The molecule has 3 atom stereocenters. The maximum atomic E-state index is 10.9. The third-order valence-corrected chi connectivity index (χ3v) is 7.15. The summed E-state index contributed by atoms with van der Waals surface area (Å²) in [7, 11) is 1.74. The van der Waals surface area contributed by atoms with Crippen LogP contribution in [0.1, 0.15) is 42.4 Å². The van der Waals surface area contributed by atoms with Crippen molar-refractivity contribution in [1.29, 1.82) is 0 Å². The Balaban J connectivity index is 1.34. The van der Waals surface area contributed by atoms with Gasteiger partial charge in [-0.05, 0) is 48.6 Å². The highest BCUT2D eigenvalue weighted by molar-refractivity contribution is 5.61. The van der Waals surface area contributed by atoms with Gasteiger partial charge in [0.25, 0.3) is 0 Å². The summed E-state index contributed by atoms with van der Waals surface area (Å²) in [4.78, 5) is 2.36. The van der Waals surface area contributed by atoms with E-state index in [1.54, 1.807) is 7.11 Å². The fourth-order valence-electron chi connectivity index (χ4n) is 5.15. The van der Waals surface area contributed by atoms with Crippen LogP contribution in [-0.2, 0) is 32.2 Å². The quantitative estimate of drug-likeness (QED) is 0.340. The second kappa shape index (κ2) is 15.4. The summed E-state index contributed by atoms with van der Waals surface area (Å²) in [6, 6.07) is 14.7. The Labute approximate surface area is 227 Å². The van der Waals surface area contributed by atoms with Gasteiger partial charge in [-0.15, -0.1) is 0 Å². The van der Waals surface area contributed by atoms with Crippen molar-refractivity contribution in [1.82, 2.24) is 5.32 Å². The average Bonchev–Trinajstić information content (AvgIpc) is 2.94. The summed E-state index contributed by atoms with van der Waals surface area (Å²) < 4.78 is 28.7. The Hall–Kier alpha value is -2.20. The van der Waals surface area contributed by atoms with Crippen LogP contribution in [0.25, 0.3) is 0 Å². The number of nitrogens with zero attached hydrogens (tertiary/aromatic N) is 1. The fraction of sp³-hybridized carbons (Fsp3) is 0.600. The molecule has 0 radical (unpaired) electrons. The molecular weight excluding hydrogens is 484 g/mol. The lowest BCUT2D eigenvalue weighted by molar-refractivity contribution is -0.0328. The van der Waals surface area contributed by atoms with Crippen LogP contribution >= 0.6 is 0 Å². The molecule has 2 heterocycles. The summed E-state index contributed by atoms with van der Waals surface area (Å²) in [5.74, 6) is 0.826. The Bertz CT molecular complexity index is 956. The molecule has 0 amide bonds. The first-order chi connectivity index (χ1) is 18.7. The lowest BCUT2D eigenvalue weighted by Gasteiger charge is -2.36. The number of β-amino-alcohol motifs (C(OH)–C–C–N with tert-alkyl or cyclic N) is 1. The number of nitrogens with one attached hydrogen (secondary N) is 1. The van der Waals surface area contributed by atoms with E-state index in [0.717, 1.165) is 73.9 Å². The van der Waals surface area contributed by atoms with Gasteiger partial charge in [0.05, 0.1) is 37.7 Å². The molecule has 2 aliphatic heterocycles. The van der Waals surface area contributed by atoms with Crippen LogP contribution < -0.4 is 15.0 Å². The molecule has 0 aromatic heterocycles. The van der Waals surface area contributed by atoms with E-state index in [4.69, 9.17) is 23.7 Å². The van der Waals surface area contributed by atoms with Crippen molar-refractivity contribution in [2.24, 2.45) is 0 Å². The molecule has 4 rings (SSSR count). The minimum Gasteiger partial charge on any atom is -0.490 e. The molecule has 8 heteroatoms. The first kappa shape index (κ1) is 28.8. The Morgan fingerprint density at radius 2 is 1.79 bits per heavy atom. The van der Waals surface area contributed by atoms with Gasteiger partial charge in [-0.1, -0.05) is 30.3 Å². The molecule has 1 saturated heterocycles. The standard InChI is InChI=1S/C30H44N2O6/c1-3-35-15-5-16-36-21-23-6-9-25(10-7-23)30-27(33)19-31-20-29(30)38-22-24-8-11-28-26(18-24)32(13-17-37-28)12-4-14-34-2/h6-11,18,27,29-31,33H,3-5,12-17,19-22H2,1-2H3/t27-,29+,30+/m1/s1. The van der Waals surface area contributed by atoms with Gasteiger partial charge >= 0.3 is 0 Å². The number of benzene rings is 2. The first-order valence-electron chi connectivity index (χ1n) is 13.9. The second-order valence-electron chi connectivity index (χ2n) is 9.93. The topological polar surface area (TPSA) is 81.7 Å². The normalized spacial score (nSPS) is 21.2. The third-order valence-electron chi connectivity index (χ3n) is 7.15. The van der Waals surface area contributed by atoms with E-state index in [1.807, 2.05) is 13.0 Å². The number of aliphatic hydroxyl groups is 1. The molecule has 0 aliphatic carbocycles. The molecule has 1 fully saturated rings. The highest BCUT2D eigenvalue weighted by Gasteiger charge is 2.34. The summed E-state index contributed by atoms with van der Waals surface area (Å²) in [5, 5.41) is 14.2. The lowest BCUT2D eigenvalue weighted by atomic mass is 9.85. The van der Waals surface area contributed by atoms with Crippen LogP contribution in [0.3, 0.4) is 0 Å². The lowest BCUT2D eigenvalue weighted by Crippen LogP contribution is -2.49. The van der Waals surface area contributed by atoms with E-state index in [0.29, 0.717) is 39.5 Å². The highest BCUT2D eigenvalue weighted by atomic mass is 16.5. The van der Waals surface area contributed by atoms with Gasteiger partial charge in [0.15, 0.2) is 0 Å². The Morgan fingerprint density at radius 1 is 0.974 bits per heavy atom. The molecule has 2 aromatic rings. The number of piperidine rings is 1. The van der Waals surface area contributed by atoms with Gasteiger partial charge < -0.3 is 39.0 Å². The molecule has 210 valence electrons. The van der Waals surface area contributed by atoms with Gasteiger partial charge in [-0.2, -0.15) is 0 Å². The molecular formula is C30H44N2O6. The zero-order valence-corrected chi connectivity index (χ0v) is 22.9. The number of methoxy groups -OCH3 is 1. The number of fused-ring (bicyclic) bond motifs is 1. The third kappa shape index (κ3) is 8.15. The largest absolute Gasteiger partial charge is 0.490 e. The number of anilines is 1. The molecule has 38 heavy (non-hydrogen) atoms. The molecule has 0 saturated carbocycles. The van der Waals surface area contributed by atoms with Crippen LogP contribution in [0, 0.1) is 0 Å². The van der Waals surface area contributed by atoms with E-state index in [1.165, 1.54) is 0 Å². The molecule has 0 bridgehead atoms. The maximum Gasteiger partial charge on any atom is 0.142 e. The summed E-state index contributed by atoms with van der Waals surface area (Å²) in [6.07, 6.45) is 1.23. The smallest absolute Gasteiger partial charge is 0.142 e. The molecule has 2 aromatic carbocycles. The minimum atomic E-state index is -0.511. The number of hydrogen-bond donors (Lipinski definition) is 2. The SMILES string of the molecule is CCOCCCOCc1ccc([C@H]2[C@H](O)CNC[C@@H]2OCc2ccc3c(c2)N(CCCOC)CCO3)cc1. The number of ether oxygens (including phenoxy) is 5. The maximum absolute atomic E-state index is 10.9. The molecule has 2 N–H and O–H groups in total. The van der Waals surface area contributed by atoms with Crippen molar-refractivity contribution >= 4 is 5.69 Å². The van der Waals surface area contributed by atoms with Crippen LogP contribution in [0.2, 0.25) is 0 Å². The van der Waals surface area contributed by atoms with Gasteiger partial charge in [0, 0.05) is 59.1 Å². The zero-order chi connectivity index (χ0) is 26.6. The van der Waals surface area contributed by atoms with Gasteiger partial charge in [-0.3, -0.25) is 0 Å². The van der Waals surface area contributed by atoms with Crippen LogP contribution in [0.15, 0.2) is 42.5 Å². The Morgan fingerprint density at radius 3 is 2.61 bits per heavy atom. The monoisotopic (exact) mass is 528 g/mol. The van der Waals surface area contributed by atoms with Gasteiger partial charge in [0.1, 0.15) is 12.4 Å². The molecule has 0 unspecified atom stereocenters. The summed E-state index contributed by atoms with van der Waals surface area (Å²) >= 11 is 0. The van der Waals surface area contributed by atoms with Crippen molar-refractivity contribution in [3.05, 3.63) is 59.2 Å². The first-order valence-corrected chi connectivity index (χ1v) is 13.9. The fourth-order valence-corrected chi connectivity index (χ4v) is 5.15. The molecule has 2 aliphatic rings. The molecule has 0 spiro atoms. The van der Waals surface area contributed by atoms with Crippen molar-refractivity contribution < 1.29 is 28.8 Å². The zero-order valence-electron chi connectivity index (χ0n) is 22.9. The molecule has 8 nitrogen and oxygen atoms in total. The van der Waals surface area contributed by atoms with Crippen molar-refractivity contribution in [3.8, 4) is 5.75 Å². The summed E-state index contributed by atoms with van der Waals surface area (Å²) in [6.45, 7) is 9.71. The van der Waals surface area contributed by atoms with Crippen molar-refractivity contribution in [2.45, 2.75) is 51.1 Å². The Kier molecular flexibility index (Phi) is 11.7. The minimum absolute atomic E-state index is 0.0936. The van der Waals surface area contributed by atoms with Crippen LogP contribution in [-0.4, -0.2) is 83.6 Å².